The maximum atomic E-state index is 12.6. The smallest absolute Gasteiger partial charge is 0.226 e. The number of rotatable bonds is 3. The van der Waals surface area contributed by atoms with Crippen LogP contribution >= 0.6 is 0 Å². The Kier molecular flexibility index (Phi) is 5.57. The van der Waals surface area contributed by atoms with Gasteiger partial charge in [-0.3, -0.25) is 14.5 Å². The van der Waals surface area contributed by atoms with Crippen LogP contribution in [0.1, 0.15) is 44.9 Å². The number of hydrogen-bond donors (Lipinski definition) is 0. The zero-order valence-electron chi connectivity index (χ0n) is 14.5. The number of carbonyl (C=O) groups is 2. The van der Waals surface area contributed by atoms with E-state index in [1.807, 2.05) is 11.9 Å². The molecule has 1 atom stereocenters. The van der Waals surface area contributed by atoms with Gasteiger partial charge in [0.15, 0.2) is 0 Å². The Hall–Kier alpha value is -1.10. The van der Waals surface area contributed by atoms with Gasteiger partial charge in [-0.25, -0.2) is 0 Å². The van der Waals surface area contributed by atoms with E-state index in [4.69, 9.17) is 0 Å². The van der Waals surface area contributed by atoms with Crippen molar-refractivity contribution in [2.45, 2.75) is 44.9 Å². The molecule has 2 amide bonds. The van der Waals surface area contributed by atoms with Crippen molar-refractivity contribution in [3.63, 3.8) is 0 Å². The fourth-order valence-corrected chi connectivity index (χ4v) is 4.30. The maximum absolute atomic E-state index is 12.6. The summed E-state index contributed by atoms with van der Waals surface area (Å²) in [6.45, 7) is 5.62. The highest BCUT2D eigenvalue weighted by Crippen LogP contribution is 2.25. The average Bonchev–Trinajstić information content (AvgIpc) is 2.58. The fourth-order valence-electron chi connectivity index (χ4n) is 4.30. The Morgan fingerprint density at radius 2 is 1.70 bits per heavy atom. The lowest BCUT2D eigenvalue weighted by molar-refractivity contribution is -0.145. The Morgan fingerprint density at radius 3 is 2.35 bits per heavy atom. The molecular formula is C18H31N3O2. The van der Waals surface area contributed by atoms with Crippen LogP contribution in [0.4, 0.5) is 0 Å². The van der Waals surface area contributed by atoms with Gasteiger partial charge in [-0.15, -0.1) is 0 Å². The molecule has 2 heterocycles. The molecule has 1 unspecified atom stereocenters. The first-order valence-corrected chi connectivity index (χ1v) is 9.38. The van der Waals surface area contributed by atoms with Gasteiger partial charge in [0.2, 0.25) is 11.8 Å². The molecule has 0 aromatic heterocycles. The van der Waals surface area contributed by atoms with Gasteiger partial charge in [0.05, 0.1) is 0 Å². The topological polar surface area (TPSA) is 43.9 Å². The summed E-state index contributed by atoms with van der Waals surface area (Å²) in [7, 11) is 1.83. The molecule has 3 fully saturated rings. The fraction of sp³-hybridized carbons (Fsp3) is 0.889. The van der Waals surface area contributed by atoms with Gasteiger partial charge < -0.3 is 9.80 Å². The van der Waals surface area contributed by atoms with E-state index in [1.54, 1.807) is 4.90 Å². The molecule has 5 nitrogen and oxygen atoms in total. The summed E-state index contributed by atoms with van der Waals surface area (Å²) < 4.78 is 0. The van der Waals surface area contributed by atoms with Crippen molar-refractivity contribution in [3.05, 3.63) is 0 Å². The van der Waals surface area contributed by atoms with Crippen LogP contribution in [0.5, 0.6) is 0 Å². The Balaban J connectivity index is 1.43. The summed E-state index contributed by atoms with van der Waals surface area (Å²) in [5, 5.41) is 0. The van der Waals surface area contributed by atoms with E-state index < -0.39 is 0 Å². The molecule has 0 spiro atoms. The van der Waals surface area contributed by atoms with Gasteiger partial charge in [-0.05, 0) is 25.2 Å². The van der Waals surface area contributed by atoms with Crippen molar-refractivity contribution in [1.29, 1.82) is 0 Å². The van der Waals surface area contributed by atoms with Gasteiger partial charge in [0, 0.05) is 58.7 Å². The van der Waals surface area contributed by atoms with Crippen LogP contribution in [-0.2, 0) is 9.59 Å². The molecule has 3 aliphatic rings. The van der Waals surface area contributed by atoms with Crippen molar-refractivity contribution in [1.82, 2.24) is 14.7 Å². The predicted molar refractivity (Wildman–Crippen MR) is 90.0 cm³/mol. The zero-order chi connectivity index (χ0) is 16.2. The van der Waals surface area contributed by atoms with Crippen LogP contribution in [-0.4, -0.2) is 72.8 Å². The lowest BCUT2D eigenvalue weighted by Crippen LogP contribution is -2.52. The van der Waals surface area contributed by atoms with Gasteiger partial charge in [-0.2, -0.15) is 0 Å². The summed E-state index contributed by atoms with van der Waals surface area (Å²) in [5.74, 6) is 1.12. The molecule has 0 radical (unpaired) electrons. The van der Waals surface area contributed by atoms with E-state index in [-0.39, 0.29) is 17.7 Å². The van der Waals surface area contributed by atoms with Crippen LogP contribution in [0.25, 0.3) is 0 Å². The van der Waals surface area contributed by atoms with E-state index >= 15 is 0 Å². The third-order valence-electron chi connectivity index (χ3n) is 5.93. The number of nitrogens with zero attached hydrogens (tertiary/aromatic N) is 3. The zero-order valence-corrected chi connectivity index (χ0v) is 14.5. The second kappa shape index (κ2) is 7.65. The lowest BCUT2D eigenvalue weighted by atomic mass is 9.89. The van der Waals surface area contributed by atoms with Crippen LogP contribution in [0, 0.1) is 11.8 Å². The number of piperazine rings is 1. The van der Waals surface area contributed by atoms with Gasteiger partial charge in [-0.1, -0.05) is 19.3 Å². The summed E-state index contributed by atoms with van der Waals surface area (Å²) in [5.41, 5.74) is 0. The number of hydrogen-bond acceptors (Lipinski definition) is 3. The van der Waals surface area contributed by atoms with Crippen LogP contribution in [0.3, 0.4) is 0 Å². The van der Waals surface area contributed by atoms with Crippen molar-refractivity contribution >= 4 is 11.8 Å². The number of piperidine rings is 1. The number of amides is 2. The third kappa shape index (κ3) is 4.25. The lowest BCUT2D eigenvalue weighted by Gasteiger charge is -2.39. The summed E-state index contributed by atoms with van der Waals surface area (Å²) in [6.07, 6.45) is 8.20. The summed E-state index contributed by atoms with van der Waals surface area (Å²) in [6, 6.07) is 0. The quantitative estimate of drug-likeness (QED) is 0.793. The van der Waals surface area contributed by atoms with E-state index in [0.29, 0.717) is 6.42 Å². The Bertz CT molecular complexity index is 426. The third-order valence-corrected chi connectivity index (χ3v) is 5.93. The molecule has 0 N–H and O–H groups in total. The van der Waals surface area contributed by atoms with Crippen molar-refractivity contribution in [3.8, 4) is 0 Å². The molecule has 2 aliphatic heterocycles. The Morgan fingerprint density at radius 1 is 1.00 bits per heavy atom. The molecule has 2 saturated heterocycles. The second-order valence-electron chi connectivity index (χ2n) is 7.63. The normalized spacial score (nSPS) is 28.2. The monoisotopic (exact) mass is 321 g/mol. The Labute approximate surface area is 140 Å². The molecule has 130 valence electrons. The highest BCUT2D eigenvalue weighted by Gasteiger charge is 2.33. The van der Waals surface area contributed by atoms with Gasteiger partial charge in [0.25, 0.3) is 0 Å². The second-order valence-corrected chi connectivity index (χ2v) is 7.63. The summed E-state index contributed by atoms with van der Waals surface area (Å²) in [4.78, 5) is 30.7. The number of likely N-dealkylation sites (tertiary alicyclic amines) is 1. The molecule has 5 heteroatoms. The first-order chi connectivity index (χ1) is 11.1. The SMILES string of the molecule is CN1CCC(C(=O)N2CCN(CC3CCCCC3)CC2)CC1=O. The molecular weight excluding hydrogens is 290 g/mol. The largest absolute Gasteiger partial charge is 0.346 e. The van der Waals surface area contributed by atoms with Crippen molar-refractivity contribution in [2.75, 3.05) is 46.3 Å². The molecule has 1 saturated carbocycles. The molecule has 0 bridgehead atoms. The van der Waals surface area contributed by atoms with E-state index in [2.05, 4.69) is 4.90 Å². The molecule has 0 aromatic rings. The average molecular weight is 321 g/mol. The minimum absolute atomic E-state index is 0.0800. The molecule has 23 heavy (non-hydrogen) atoms. The predicted octanol–water partition coefficient (Wildman–Crippen LogP) is 1.58. The summed E-state index contributed by atoms with van der Waals surface area (Å²) >= 11 is 0. The van der Waals surface area contributed by atoms with E-state index in [1.165, 1.54) is 38.6 Å². The van der Waals surface area contributed by atoms with Crippen molar-refractivity contribution in [2.24, 2.45) is 11.8 Å². The minimum atomic E-state index is -0.0800. The van der Waals surface area contributed by atoms with E-state index in [0.717, 1.165) is 45.1 Å². The maximum Gasteiger partial charge on any atom is 0.226 e. The number of carbonyl (C=O) groups excluding carboxylic acids is 2. The first-order valence-electron chi connectivity index (χ1n) is 9.38. The van der Waals surface area contributed by atoms with Gasteiger partial charge in [0.1, 0.15) is 0 Å². The van der Waals surface area contributed by atoms with Crippen LogP contribution < -0.4 is 0 Å². The molecule has 1 aliphatic carbocycles. The molecule has 0 aromatic carbocycles. The highest BCUT2D eigenvalue weighted by molar-refractivity contribution is 5.86. The highest BCUT2D eigenvalue weighted by atomic mass is 16.2. The standard InChI is InChI=1S/C18H31N3O2/c1-19-8-7-16(13-17(19)22)18(23)21-11-9-20(10-12-21)14-15-5-3-2-4-6-15/h15-16H,2-14H2,1H3. The van der Waals surface area contributed by atoms with Crippen molar-refractivity contribution < 1.29 is 9.59 Å². The minimum Gasteiger partial charge on any atom is -0.346 e. The van der Waals surface area contributed by atoms with Gasteiger partial charge >= 0.3 is 0 Å². The van der Waals surface area contributed by atoms with E-state index in [9.17, 15) is 9.59 Å². The molecule has 3 rings (SSSR count). The van der Waals surface area contributed by atoms with Crippen LogP contribution in [0.15, 0.2) is 0 Å². The first kappa shape index (κ1) is 16.7. The van der Waals surface area contributed by atoms with Crippen LogP contribution in [0.2, 0.25) is 0 Å².